The van der Waals surface area contributed by atoms with Gasteiger partial charge in [-0.1, -0.05) is 31.5 Å². The van der Waals surface area contributed by atoms with Gasteiger partial charge < -0.3 is 5.32 Å². The number of aromatic nitrogens is 3. The Morgan fingerprint density at radius 1 is 1.30 bits per heavy atom. The van der Waals surface area contributed by atoms with E-state index in [9.17, 15) is 0 Å². The largest absolute Gasteiger partial charge is 0.304 e. The highest BCUT2D eigenvalue weighted by molar-refractivity contribution is 6.31. The smallest absolute Gasteiger partial charge is 0.0937 e. The minimum Gasteiger partial charge on any atom is -0.304 e. The number of halogens is 1. The maximum atomic E-state index is 6.35. The average molecular weight is 293 g/mol. The lowest BCUT2D eigenvalue weighted by Gasteiger charge is -2.20. The van der Waals surface area contributed by atoms with Crippen LogP contribution in [0.2, 0.25) is 5.02 Å². The molecule has 0 aliphatic carbocycles. The van der Waals surface area contributed by atoms with Gasteiger partial charge in [0.25, 0.3) is 0 Å². The van der Waals surface area contributed by atoms with Crippen LogP contribution in [0.3, 0.4) is 0 Å². The summed E-state index contributed by atoms with van der Waals surface area (Å²) in [6, 6.07) is 5.92. The summed E-state index contributed by atoms with van der Waals surface area (Å²) in [4.78, 5) is 4.47. The van der Waals surface area contributed by atoms with Crippen molar-refractivity contribution in [1.82, 2.24) is 20.1 Å². The molecule has 0 saturated heterocycles. The Morgan fingerprint density at radius 2 is 2.15 bits per heavy atom. The zero-order valence-electron chi connectivity index (χ0n) is 12.0. The fraction of sp³-hybridized carbons (Fsp3) is 0.467. The minimum atomic E-state index is -0.0160. The van der Waals surface area contributed by atoms with E-state index in [1.807, 2.05) is 29.1 Å². The van der Waals surface area contributed by atoms with Crippen LogP contribution in [0.4, 0.5) is 0 Å². The highest BCUT2D eigenvalue weighted by atomic mass is 35.5. The molecule has 0 radical (unpaired) electrons. The third kappa shape index (κ3) is 3.38. The second-order valence-corrected chi connectivity index (χ2v) is 5.15. The second kappa shape index (κ2) is 7.41. The standard InChI is InChI=1S/C15H21ClN4/c1-3-8-18-14(13-7-5-6-9-17-13)15-12(16)11-19-20(15)10-4-2/h5-7,9,11,14,18H,3-4,8,10H2,1-2H3. The van der Waals surface area contributed by atoms with Gasteiger partial charge in [0.15, 0.2) is 0 Å². The van der Waals surface area contributed by atoms with Crippen LogP contribution in [0.1, 0.15) is 44.1 Å². The molecular formula is C15H21ClN4. The molecule has 108 valence electrons. The van der Waals surface area contributed by atoms with E-state index in [2.05, 4.69) is 29.2 Å². The molecule has 5 heteroatoms. The average Bonchev–Trinajstić information content (AvgIpc) is 2.83. The zero-order chi connectivity index (χ0) is 14.4. The van der Waals surface area contributed by atoms with Gasteiger partial charge in [0.2, 0.25) is 0 Å². The topological polar surface area (TPSA) is 42.7 Å². The fourth-order valence-electron chi connectivity index (χ4n) is 2.23. The lowest BCUT2D eigenvalue weighted by molar-refractivity contribution is 0.505. The Kier molecular flexibility index (Phi) is 5.56. The molecule has 0 bridgehead atoms. The van der Waals surface area contributed by atoms with E-state index in [4.69, 9.17) is 11.6 Å². The van der Waals surface area contributed by atoms with Crippen molar-refractivity contribution >= 4 is 11.6 Å². The quantitative estimate of drug-likeness (QED) is 0.850. The van der Waals surface area contributed by atoms with Gasteiger partial charge in [0.1, 0.15) is 0 Å². The van der Waals surface area contributed by atoms with Gasteiger partial charge >= 0.3 is 0 Å². The SMILES string of the molecule is CCCNC(c1ccccn1)c1c(Cl)cnn1CCC. The molecule has 0 spiro atoms. The molecule has 2 aromatic heterocycles. The number of rotatable bonds is 7. The van der Waals surface area contributed by atoms with Crippen LogP contribution < -0.4 is 5.32 Å². The van der Waals surface area contributed by atoms with Crippen LogP contribution in [-0.2, 0) is 6.54 Å². The summed E-state index contributed by atoms with van der Waals surface area (Å²) >= 11 is 6.35. The first-order valence-electron chi connectivity index (χ1n) is 7.13. The Hall–Kier alpha value is -1.39. The van der Waals surface area contributed by atoms with E-state index in [1.165, 1.54) is 0 Å². The van der Waals surface area contributed by atoms with Gasteiger partial charge in [-0.05, 0) is 31.5 Å². The van der Waals surface area contributed by atoms with Crippen molar-refractivity contribution in [3.05, 3.63) is 47.0 Å². The van der Waals surface area contributed by atoms with Gasteiger partial charge in [-0.2, -0.15) is 5.10 Å². The Morgan fingerprint density at radius 3 is 2.80 bits per heavy atom. The molecule has 0 aliphatic rings. The van der Waals surface area contributed by atoms with Gasteiger partial charge in [-0.3, -0.25) is 9.67 Å². The number of nitrogens with one attached hydrogen (secondary N) is 1. The predicted octanol–water partition coefficient (Wildman–Crippen LogP) is 3.43. The third-order valence-electron chi connectivity index (χ3n) is 3.12. The predicted molar refractivity (Wildman–Crippen MR) is 81.9 cm³/mol. The highest BCUT2D eigenvalue weighted by Gasteiger charge is 2.22. The van der Waals surface area contributed by atoms with Gasteiger partial charge in [-0.25, -0.2) is 0 Å². The Labute approximate surface area is 125 Å². The van der Waals surface area contributed by atoms with Crippen LogP contribution in [-0.4, -0.2) is 21.3 Å². The van der Waals surface area contributed by atoms with Gasteiger partial charge in [-0.15, -0.1) is 0 Å². The molecular weight excluding hydrogens is 272 g/mol. The molecule has 20 heavy (non-hydrogen) atoms. The Balaban J connectivity index is 2.38. The zero-order valence-corrected chi connectivity index (χ0v) is 12.8. The number of nitrogens with zero attached hydrogens (tertiary/aromatic N) is 3. The summed E-state index contributed by atoms with van der Waals surface area (Å²) in [6.45, 7) is 6.05. The minimum absolute atomic E-state index is 0.0160. The summed E-state index contributed by atoms with van der Waals surface area (Å²) in [5.41, 5.74) is 1.97. The Bertz CT molecular complexity index is 524. The number of aryl methyl sites for hydroxylation is 1. The molecule has 0 fully saturated rings. The first-order chi connectivity index (χ1) is 9.77. The molecule has 2 aromatic rings. The van der Waals surface area contributed by atoms with Crippen molar-refractivity contribution in [1.29, 1.82) is 0 Å². The van der Waals surface area contributed by atoms with E-state index in [0.29, 0.717) is 5.02 Å². The van der Waals surface area contributed by atoms with Crippen LogP contribution in [0.15, 0.2) is 30.6 Å². The van der Waals surface area contributed by atoms with E-state index >= 15 is 0 Å². The molecule has 0 aliphatic heterocycles. The van der Waals surface area contributed by atoms with E-state index in [-0.39, 0.29) is 6.04 Å². The summed E-state index contributed by atoms with van der Waals surface area (Å²) in [5, 5.41) is 8.59. The van der Waals surface area contributed by atoms with Crippen molar-refractivity contribution in [3.63, 3.8) is 0 Å². The first kappa shape index (κ1) is 15.0. The van der Waals surface area contributed by atoms with Crippen molar-refractivity contribution in [2.24, 2.45) is 0 Å². The normalized spacial score (nSPS) is 12.6. The van der Waals surface area contributed by atoms with Crippen molar-refractivity contribution in [2.75, 3.05) is 6.54 Å². The molecule has 1 unspecified atom stereocenters. The van der Waals surface area contributed by atoms with Gasteiger partial charge in [0, 0.05) is 12.7 Å². The summed E-state index contributed by atoms with van der Waals surface area (Å²) in [7, 11) is 0. The van der Waals surface area contributed by atoms with E-state index < -0.39 is 0 Å². The van der Waals surface area contributed by atoms with Crippen LogP contribution in [0.25, 0.3) is 0 Å². The van der Waals surface area contributed by atoms with Crippen LogP contribution >= 0.6 is 11.6 Å². The number of hydrogen-bond donors (Lipinski definition) is 1. The maximum absolute atomic E-state index is 6.35. The second-order valence-electron chi connectivity index (χ2n) is 4.74. The fourth-order valence-corrected chi connectivity index (χ4v) is 2.48. The third-order valence-corrected chi connectivity index (χ3v) is 3.42. The summed E-state index contributed by atoms with van der Waals surface area (Å²) in [5.74, 6) is 0. The molecule has 4 nitrogen and oxygen atoms in total. The van der Waals surface area contributed by atoms with E-state index in [1.54, 1.807) is 6.20 Å². The summed E-state index contributed by atoms with van der Waals surface area (Å²) < 4.78 is 1.98. The first-order valence-corrected chi connectivity index (χ1v) is 7.51. The summed E-state index contributed by atoms with van der Waals surface area (Å²) in [6.07, 6.45) is 5.61. The molecule has 2 heterocycles. The van der Waals surface area contributed by atoms with Gasteiger partial charge in [0.05, 0.1) is 28.6 Å². The number of hydrogen-bond acceptors (Lipinski definition) is 3. The number of pyridine rings is 1. The van der Waals surface area contributed by atoms with Crippen molar-refractivity contribution in [2.45, 2.75) is 39.3 Å². The molecule has 0 amide bonds. The molecule has 1 N–H and O–H groups in total. The lowest BCUT2D eigenvalue weighted by atomic mass is 10.1. The van der Waals surface area contributed by atoms with E-state index in [0.717, 1.165) is 37.3 Å². The maximum Gasteiger partial charge on any atom is 0.0937 e. The van der Waals surface area contributed by atoms with Crippen LogP contribution in [0, 0.1) is 0 Å². The molecule has 2 rings (SSSR count). The molecule has 0 saturated carbocycles. The van der Waals surface area contributed by atoms with Crippen molar-refractivity contribution in [3.8, 4) is 0 Å². The molecule has 1 atom stereocenters. The monoisotopic (exact) mass is 292 g/mol. The highest BCUT2D eigenvalue weighted by Crippen LogP contribution is 2.27. The lowest BCUT2D eigenvalue weighted by Crippen LogP contribution is -2.27. The van der Waals surface area contributed by atoms with Crippen LogP contribution in [0.5, 0.6) is 0 Å². The van der Waals surface area contributed by atoms with Crippen molar-refractivity contribution < 1.29 is 0 Å². The molecule has 0 aromatic carbocycles.